The zero-order chi connectivity index (χ0) is 10.8. The third-order valence-electron chi connectivity index (χ3n) is 2.29. The van der Waals surface area contributed by atoms with Crippen LogP contribution < -0.4 is 5.73 Å². The molecule has 0 fully saturated rings. The molecule has 2 N–H and O–H groups in total. The van der Waals surface area contributed by atoms with Gasteiger partial charge in [0, 0.05) is 12.2 Å². The normalized spacial score (nSPS) is 11.9. The summed E-state index contributed by atoms with van der Waals surface area (Å²) in [4.78, 5) is 9.73. The Morgan fingerprint density at radius 2 is 2.06 bits per heavy atom. The molecule has 3 nitrogen and oxygen atoms in total. The predicted molar refractivity (Wildman–Crippen MR) is 69.9 cm³/mol. The molecule has 0 amide bonds. The number of hydrogen-bond donors (Lipinski definition) is 1. The molecule has 0 saturated heterocycles. The first-order valence-corrected chi connectivity index (χ1v) is 5.68. The van der Waals surface area contributed by atoms with Gasteiger partial charge in [-0.2, -0.15) is 0 Å². The lowest BCUT2D eigenvalue weighted by atomic mass is 10.1. The van der Waals surface area contributed by atoms with Gasteiger partial charge >= 0.3 is 0 Å². The Kier molecular flexibility index (Phi) is 4.41. The van der Waals surface area contributed by atoms with Crippen molar-refractivity contribution in [3.63, 3.8) is 0 Å². The van der Waals surface area contributed by atoms with E-state index in [1.165, 1.54) is 0 Å². The molecule has 0 aliphatic carbocycles. The van der Waals surface area contributed by atoms with Gasteiger partial charge in [0.15, 0.2) is 0 Å². The summed E-state index contributed by atoms with van der Waals surface area (Å²) in [6.07, 6.45) is 1.83. The summed E-state index contributed by atoms with van der Waals surface area (Å²) >= 11 is 1.61. The monoisotopic (exact) mass is 255 g/mol. The van der Waals surface area contributed by atoms with Crippen LogP contribution in [-0.4, -0.2) is 9.97 Å². The van der Waals surface area contributed by atoms with Crippen molar-refractivity contribution in [1.29, 1.82) is 0 Å². The third-order valence-corrected chi connectivity index (χ3v) is 3.24. The van der Waals surface area contributed by atoms with E-state index in [0.29, 0.717) is 0 Å². The summed E-state index contributed by atoms with van der Waals surface area (Å²) in [7, 11) is 0. The van der Waals surface area contributed by atoms with Crippen LogP contribution in [0.15, 0.2) is 23.8 Å². The van der Waals surface area contributed by atoms with Gasteiger partial charge in [0.1, 0.15) is 0 Å². The van der Waals surface area contributed by atoms with E-state index < -0.39 is 0 Å². The van der Waals surface area contributed by atoms with Gasteiger partial charge in [-0.25, -0.2) is 4.98 Å². The lowest BCUT2D eigenvalue weighted by Crippen LogP contribution is -2.05. The highest BCUT2D eigenvalue weighted by molar-refractivity contribution is 7.13. The summed E-state index contributed by atoms with van der Waals surface area (Å²) in [5, 5.41) is 0. The van der Waals surface area contributed by atoms with Crippen molar-refractivity contribution in [3.05, 3.63) is 35.1 Å². The Morgan fingerprint density at radius 3 is 2.50 bits per heavy atom. The molecular weight excluding hydrogens is 242 g/mol. The molecule has 0 aliphatic heterocycles. The lowest BCUT2D eigenvalue weighted by Gasteiger charge is -2.05. The van der Waals surface area contributed by atoms with Gasteiger partial charge in [-0.3, -0.25) is 4.98 Å². The Hall–Kier alpha value is -0.970. The number of nitrogens with zero attached hydrogens (tertiary/aromatic N) is 2. The van der Waals surface area contributed by atoms with Crippen molar-refractivity contribution >= 4 is 23.7 Å². The first-order chi connectivity index (χ1) is 7.18. The van der Waals surface area contributed by atoms with Crippen molar-refractivity contribution in [2.24, 2.45) is 5.73 Å². The van der Waals surface area contributed by atoms with Crippen LogP contribution in [0.5, 0.6) is 0 Å². The molecule has 5 heteroatoms. The maximum atomic E-state index is 5.76. The average molecular weight is 256 g/mol. The summed E-state index contributed by atoms with van der Waals surface area (Å²) in [6.45, 7) is 3.95. The summed E-state index contributed by atoms with van der Waals surface area (Å²) < 4.78 is 0. The maximum absolute atomic E-state index is 5.76. The average Bonchev–Trinajstić information content (AvgIpc) is 2.65. The van der Waals surface area contributed by atoms with Crippen LogP contribution in [0.4, 0.5) is 0 Å². The van der Waals surface area contributed by atoms with E-state index in [1.807, 2.05) is 37.7 Å². The fraction of sp³-hybridized carbons (Fsp3) is 0.273. The quantitative estimate of drug-likeness (QED) is 0.898. The fourth-order valence-electron chi connectivity index (χ4n) is 1.36. The molecule has 1 atom stereocenters. The van der Waals surface area contributed by atoms with E-state index in [1.54, 1.807) is 11.3 Å². The van der Waals surface area contributed by atoms with Crippen LogP contribution >= 0.6 is 23.7 Å². The number of pyridine rings is 1. The van der Waals surface area contributed by atoms with Crippen LogP contribution in [0.1, 0.15) is 24.2 Å². The van der Waals surface area contributed by atoms with Gasteiger partial charge < -0.3 is 5.73 Å². The van der Waals surface area contributed by atoms with Crippen molar-refractivity contribution in [2.75, 3.05) is 0 Å². The Bertz CT molecular complexity index is 451. The minimum atomic E-state index is 0. The van der Waals surface area contributed by atoms with Gasteiger partial charge in [-0.05, 0) is 25.5 Å². The van der Waals surface area contributed by atoms with E-state index in [2.05, 4.69) is 9.97 Å². The third kappa shape index (κ3) is 2.58. The topological polar surface area (TPSA) is 51.8 Å². The van der Waals surface area contributed by atoms with Gasteiger partial charge in [-0.1, -0.05) is 6.07 Å². The lowest BCUT2D eigenvalue weighted by molar-refractivity contribution is 0.812. The van der Waals surface area contributed by atoms with Gasteiger partial charge in [0.2, 0.25) is 0 Å². The highest BCUT2D eigenvalue weighted by Gasteiger charge is 2.06. The first-order valence-electron chi connectivity index (χ1n) is 4.80. The van der Waals surface area contributed by atoms with Gasteiger partial charge in [0.25, 0.3) is 0 Å². The molecule has 0 radical (unpaired) electrons. The van der Waals surface area contributed by atoms with Crippen molar-refractivity contribution in [1.82, 2.24) is 9.97 Å². The van der Waals surface area contributed by atoms with Crippen molar-refractivity contribution in [2.45, 2.75) is 19.9 Å². The Balaban J connectivity index is 0.00000128. The van der Waals surface area contributed by atoms with Crippen molar-refractivity contribution in [3.8, 4) is 10.6 Å². The van der Waals surface area contributed by atoms with E-state index in [-0.39, 0.29) is 18.4 Å². The molecule has 0 spiro atoms. The van der Waals surface area contributed by atoms with Crippen LogP contribution in [0, 0.1) is 6.92 Å². The van der Waals surface area contributed by atoms with Crippen LogP contribution in [-0.2, 0) is 0 Å². The number of thiazole rings is 1. The van der Waals surface area contributed by atoms with Gasteiger partial charge in [0.05, 0.1) is 21.8 Å². The van der Waals surface area contributed by atoms with E-state index in [9.17, 15) is 0 Å². The molecule has 1 unspecified atom stereocenters. The predicted octanol–water partition coefficient (Wildman–Crippen LogP) is 2.96. The number of nitrogens with two attached hydrogens (primary N) is 1. The summed E-state index contributed by atoms with van der Waals surface area (Å²) in [5.74, 6) is 0. The second kappa shape index (κ2) is 5.39. The molecule has 86 valence electrons. The number of rotatable bonds is 2. The minimum Gasteiger partial charge on any atom is -0.324 e. The highest BCUT2D eigenvalue weighted by atomic mass is 35.5. The number of hydrogen-bond acceptors (Lipinski definition) is 4. The largest absolute Gasteiger partial charge is 0.324 e. The fourth-order valence-corrected chi connectivity index (χ4v) is 2.14. The van der Waals surface area contributed by atoms with Crippen LogP contribution in [0.2, 0.25) is 0 Å². The second-order valence-electron chi connectivity index (χ2n) is 3.53. The zero-order valence-corrected chi connectivity index (χ0v) is 10.8. The molecule has 0 saturated carbocycles. The molecule has 0 aromatic carbocycles. The Labute approximate surface area is 105 Å². The number of aryl methyl sites for hydroxylation is 1. The summed E-state index contributed by atoms with van der Waals surface area (Å²) in [6, 6.07) is 4.06. The maximum Gasteiger partial charge on any atom is 0.0820 e. The number of aromatic nitrogens is 2. The van der Waals surface area contributed by atoms with E-state index >= 15 is 0 Å². The smallest absolute Gasteiger partial charge is 0.0820 e. The molecule has 16 heavy (non-hydrogen) atoms. The van der Waals surface area contributed by atoms with E-state index in [4.69, 9.17) is 5.73 Å². The first kappa shape index (κ1) is 13.1. The van der Waals surface area contributed by atoms with E-state index in [0.717, 1.165) is 21.8 Å². The molecule has 2 heterocycles. The van der Waals surface area contributed by atoms with Crippen LogP contribution in [0.3, 0.4) is 0 Å². The SMILES string of the molecule is Cc1ncsc1-c1ccc(C(C)N)cn1.Cl. The molecule has 2 rings (SSSR count). The molecule has 2 aromatic heterocycles. The summed E-state index contributed by atoms with van der Waals surface area (Å²) in [5.41, 5.74) is 10.7. The Morgan fingerprint density at radius 1 is 1.31 bits per heavy atom. The zero-order valence-electron chi connectivity index (χ0n) is 9.18. The standard InChI is InChI=1S/C11H13N3S.ClH/c1-7(12)9-3-4-10(13-5-9)11-8(2)14-6-15-11;/h3-7H,12H2,1-2H3;1H. The highest BCUT2D eigenvalue weighted by Crippen LogP contribution is 2.25. The minimum absolute atomic E-state index is 0. The molecule has 0 aliphatic rings. The molecule has 0 bridgehead atoms. The van der Waals surface area contributed by atoms with Crippen molar-refractivity contribution < 1.29 is 0 Å². The van der Waals surface area contributed by atoms with Gasteiger partial charge in [-0.15, -0.1) is 23.7 Å². The second-order valence-corrected chi connectivity index (χ2v) is 4.39. The molecule has 2 aromatic rings. The molecular formula is C11H14ClN3S. The van der Waals surface area contributed by atoms with Crippen LogP contribution in [0.25, 0.3) is 10.6 Å². The number of halogens is 1.